The number of nitrogens with one attached hydrogen (secondary N) is 1. The van der Waals surface area contributed by atoms with E-state index in [4.69, 9.17) is 4.74 Å². The van der Waals surface area contributed by atoms with E-state index >= 15 is 0 Å². The van der Waals surface area contributed by atoms with Gasteiger partial charge in [-0.1, -0.05) is 0 Å². The molecule has 1 N–H and O–H groups in total. The van der Waals surface area contributed by atoms with Crippen LogP contribution < -0.4 is 5.32 Å². The van der Waals surface area contributed by atoms with E-state index < -0.39 is 0 Å². The molecule has 3 heterocycles. The number of hydrogen-bond donors (Lipinski definition) is 1. The molecule has 1 fully saturated rings. The van der Waals surface area contributed by atoms with Crippen molar-refractivity contribution < 1.29 is 4.74 Å². The summed E-state index contributed by atoms with van der Waals surface area (Å²) in [5.74, 6) is 0. The Morgan fingerprint density at radius 1 is 1.50 bits per heavy atom. The topological polar surface area (TPSA) is 21.3 Å². The quantitative estimate of drug-likeness (QED) is 0.647. The van der Waals surface area contributed by atoms with E-state index in [0.29, 0.717) is 0 Å². The van der Waals surface area contributed by atoms with Crippen LogP contribution in [0.25, 0.3) is 0 Å². The van der Waals surface area contributed by atoms with Gasteiger partial charge in [-0.2, -0.15) is 0 Å². The maximum atomic E-state index is 5.29. The molecule has 1 spiro atoms. The van der Waals surface area contributed by atoms with Crippen LogP contribution in [0.15, 0.2) is 11.4 Å². The second kappa shape index (κ2) is 2.31. The Balaban J connectivity index is 2.09. The zero-order valence-electron chi connectivity index (χ0n) is 6.80. The summed E-state index contributed by atoms with van der Waals surface area (Å²) < 4.78 is 5.29. The molecule has 2 aliphatic heterocycles. The average molecular weight is 181 g/mol. The molecule has 1 aromatic rings. The van der Waals surface area contributed by atoms with Crippen molar-refractivity contribution in [2.24, 2.45) is 0 Å². The SMILES string of the molecule is c1cc2c(s1)C1(COC1)NCC2. The maximum Gasteiger partial charge on any atom is 0.100 e. The van der Waals surface area contributed by atoms with E-state index in [-0.39, 0.29) is 5.54 Å². The van der Waals surface area contributed by atoms with Crippen molar-refractivity contribution in [2.75, 3.05) is 19.8 Å². The molecule has 2 nitrogen and oxygen atoms in total. The number of fused-ring (bicyclic) bond motifs is 2. The molecule has 1 aromatic heterocycles. The Hall–Kier alpha value is -0.380. The molecule has 0 saturated carbocycles. The summed E-state index contributed by atoms with van der Waals surface area (Å²) in [5.41, 5.74) is 1.74. The van der Waals surface area contributed by atoms with Crippen molar-refractivity contribution in [3.05, 3.63) is 21.9 Å². The monoisotopic (exact) mass is 181 g/mol. The number of hydrogen-bond acceptors (Lipinski definition) is 3. The van der Waals surface area contributed by atoms with E-state index in [0.717, 1.165) is 19.8 Å². The number of rotatable bonds is 0. The lowest BCUT2D eigenvalue weighted by Gasteiger charge is -2.44. The lowest BCUT2D eigenvalue weighted by atomic mass is 9.88. The third-order valence-electron chi connectivity index (χ3n) is 2.74. The summed E-state index contributed by atoms with van der Waals surface area (Å²) in [6.07, 6.45) is 1.18. The summed E-state index contributed by atoms with van der Waals surface area (Å²) in [6.45, 7) is 2.83. The minimum absolute atomic E-state index is 0.210. The van der Waals surface area contributed by atoms with Gasteiger partial charge >= 0.3 is 0 Å². The van der Waals surface area contributed by atoms with Crippen LogP contribution in [-0.4, -0.2) is 19.8 Å². The van der Waals surface area contributed by atoms with E-state index in [1.165, 1.54) is 16.9 Å². The Labute approximate surface area is 75.5 Å². The zero-order valence-corrected chi connectivity index (χ0v) is 7.62. The minimum atomic E-state index is 0.210. The van der Waals surface area contributed by atoms with Gasteiger partial charge in [0.2, 0.25) is 0 Å². The van der Waals surface area contributed by atoms with Crippen LogP contribution in [0.4, 0.5) is 0 Å². The Morgan fingerprint density at radius 3 is 3.17 bits per heavy atom. The Morgan fingerprint density at radius 2 is 2.42 bits per heavy atom. The van der Waals surface area contributed by atoms with Crippen LogP contribution in [0.2, 0.25) is 0 Å². The first-order valence-corrected chi connectivity index (χ1v) is 5.18. The Bertz CT molecular complexity index is 303. The third kappa shape index (κ3) is 0.762. The summed E-state index contributed by atoms with van der Waals surface area (Å²) in [5, 5.41) is 5.75. The molecule has 1 saturated heterocycles. The average Bonchev–Trinajstić information content (AvgIpc) is 2.47. The highest BCUT2D eigenvalue weighted by atomic mass is 32.1. The largest absolute Gasteiger partial charge is 0.377 e. The van der Waals surface area contributed by atoms with Crippen LogP contribution in [0, 0.1) is 0 Å². The smallest absolute Gasteiger partial charge is 0.100 e. The molecule has 0 aliphatic carbocycles. The minimum Gasteiger partial charge on any atom is -0.377 e. The Kier molecular flexibility index (Phi) is 1.36. The first kappa shape index (κ1) is 7.06. The second-order valence-corrected chi connectivity index (χ2v) is 4.44. The van der Waals surface area contributed by atoms with Crippen molar-refractivity contribution in [1.29, 1.82) is 0 Å². The number of ether oxygens (including phenoxy) is 1. The van der Waals surface area contributed by atoms with Gasteiger partial charge in [-0.15, -0.1) is 11.3 Å². The molecular weight excluding hydrogens is 170 g/mol. The van der Waals surface area contributed by atoms with Crippen LogP contribution in [0.1, 0.15) is 10.4 Å². The van der Waals surface area contributed by atoms with Gasteiger partial charge in [0, 0.05) is 11.4 Å². The lowest BCUT2D eigenvalue weighted by molar-refractivity contribution is -0.0793. The van der Waals surface area contributed by atoms with Gasteiger partial charge in [0.25, 0.3) is 0 Å². The number of thiophene rings is 1. The first-order chi connectivity index (χ1) is 5.91. The lowest BCUT2D eigenvalue weighted by Crippen LogP contribution is -2.59. The van der Waals surface area contributed by atoms with Crippen molar-refractivity contribution in [3.8, 4) is 0 Å². The van der Waals surface area contributed by atoms with Crippen molar-refractivity contribution in [2.45, 2.75) is 12.0 Å². The predicted molar refractivity (Wildman–Crippen MR) is 48.5 cm³/mol. The summed E-state index contributed by atoms with van der Waals surface area (Å²) in [7, 11) is 0. The van der Waals surface area contributed by atoms with Crippen molar-refractivity contribution in [1.82, 2.24) is 5.32 Å². The predicted octanol–water partition coefficient (Wildman–Crippen LogP) is 1.12. The zero-order chi connectivity index (χ0) is 8.02. The fourth-order valence-electron chi connectivity index (χ4n) is 2.01. The second-order valence-electron chi connectivity index (χ2n) is 3.53. The van der Waals surface area contributed by atoms with E-state index in [1.54, 1.807) is 0 Å². The molecule has 0 atom stereocenters. The van der Waals surface area contributed by atoms with Crippen LogP contribution in [0.3, 0.4) is 0 Å². The molecule has 3 heteroatoms. The highest BCUT2D eigenvalue weighted by Crippen LogP contribution is 2.38. The molecular formula is C9H11NOS. The molecule has 0 radical (unpaired) electrons. The van der Waals surface area contributed by atoms with Gasteiger partial charge in [-0.05, 0) is 23.4 Å². The van der Waals surface area contributed by atoms with Gasteiger partial charge in [-0.25, -0.2) is 0 Å². The summed E-state index contributed by atoms with van der Waals surface area (Å²) in [4.78, 5) is 1.51. The normalized spacial score (nSPS) is 25.0. The molecule has 0 aromatic carbocycles. The van der Waals surface area contributed by atoms with Gasteiger partial charge in [0.15, 0.2) is 0 Å². The fraction of sp³-hybridized carbons (Fsp3) is 0.556. The molecule has 12 heavy (non-hydrogen) atoms. The summed E-state index contributed by atoms with van der Waals surface area (Å²) in [6, 6.07) is 2.25. The molecule has 2 aliphatic rings. The molecule has 0 amide bonds. The van der Waals surface area contributed by atoms with Gasteiger partial charge in [0.05, 0.1) is 13.2 Å². The summed E-state index contributed by atoms with van der Waals surface area (Å²) >= 11 is 1.87. The van der Waals surface area contributed by atoms with E-state index in [2.05, 4.69) is 16.8 Å². The first-order valence-electron chi connectivity index (χ1n) is 4.30. The van der Waals surface area contributed by atoms with Crippen LogP contribution in [-0.2, 0) is 16.7 Å². The maximum absolute atomic E-state index is 5.29. The van der Waals surface area contributed by atoms with Gasteiger partial charge < -0.3 is 10.1 Å². The van der Waals surface area contributed by atoms with Crippen LogP contribution in [0.5, 0.6) is 0 Å². The fourth-order valence-corrected chi connectivity index (χ4v) is 3.11. The molecule has 64 valence electrons. The standard InChI is InChI=1S/C9H11NOS/c1-3-10-9(5-11-6-9)8-7(1)2-4-12-8/h2,4,10H,1,3,5-6H2. The van der Waals surface area contributed by atoms with Crippen LogP contribution >= 0.6 is 11.3 Å². The molecule has 0 unspecified atom stereocenters. The van der Waals surface area contributed by atoms with E-state index in [1.807, 2.05) is 11.3 Å². The van der Waals surface area contributed by atoms with Gasteiger partial charge in [-0.3, -0.25) is 0 Å². The highest BCUT2D eigenvalue weighted by Gasteiger charge is 2.44. The van der Waals surface area contributed by atoms with Gasteiger partial charge in [0.1, 0.15) is 5.54 Å². The highest BCUT2D eigenvalue weighted by molar-refractivity contribution is 7.10. The third-order valence-corrected chi connectivity index (χ3v) is 3.90. The molecule has 3 rings (SSSR count). The molecule has 0 bridgehead atoms. The van der Waals surface area contributed by atoms with Crippen molar-refractivity contribution in [3.63, 3.8) is 0 Å². The van der Waals surface area contributed by atoms with E-state index in [9.17, 15) is 0 Å². The van der Waals surface area contributed by atoms with Crippen molar-refractivity contribution >= 4 is 11.3 Å².